The molecule has 0 spiro atoms. The van der Waals surface area contributed by atoms with E-state index in [9.17, 15) is 0 Å². The smallest absolute Gasteiger partial charge is 0.119 e. The lowest BCUT2D eigenvalue weighted by Crippen LogP contribution is -2.29. The Labute approximate surface area is 227 Å². The fraction of sp³-hybridized carbons (Fsp3) is 0.212. The zero-order chi connectivity index (χ0) is 26.7. The SMILES string of the molecule is OCCCOc1ccc(C2(c3ccc(OCCCO)cc3)c3ccccc3-c3nc4ccccc4nc32)cc1. The Morgan fingerprint density at radius 1 is 0.590 bits per heavy atom. The lowest BCUT2D eigenvalue weighted by molar-refractivity contribution is 0.233. The van der Waals surface area contributed by atoms with Crippen molar-refractivity contribution < 1.29 is 19.7 Å². The Bertz CT molecular complexity index is 1530. The molecule has 1 heterocycles. The summed E-state index contributed by atoms with van der Waals surface area (Å²) in [6, 6.07) is 32.7. The average molecular weight is 519 g/mol. The summed E-state index contributed by atoms with van der Waals surface area (Å²) < 4.78 is 11.7. The first-order valence-corrected chi connectivity index (χ1v) is 13.3. The Morgan fingerprint density at radius 3 is 1.67 bits per heavy atom. The molecule has 0 radical (unpaired) electrons. The minimum Gasteiger partial charge on any atom is -0.494 e. The highest BCUT2D eigenvalue weighted by Crippen LogP contribution is 2.55. The van der Waals surface area contributed by atoms with E-state index in [1.165, 1.54) is 0 Å². The molecule has 6 rings (SSSR count). The Kier molecular flexibility index (Phi) is 6.97. The topological polar surface area (TPSA) is 84.7 Å². The third kappa shape index (κ3) is 4.42. The van der Waals surface area contributed by atoms with Crippen molar-refractivity contribution in [2.24, 2.45) is 0 Å². The first kappa shape index (κ1) is 25.0. The number of aromatic nitrogens is 2. The van der Waals surface area contributed by atoms with Crippen LogP contribution in [0, 0.1) is 0 Å². The van der Waals surface area contributed by atoms with Crippen LogP contribution in [0.5, 0.6) is 11.5 Å². The van der Waals surface area contributed by atoms with Gasteiger partial charge in [-0.25, -0.2) is 9.97 Å². The van der Waals surface area contributed by atoms with Crippen LogP contribution in [0.4, 0.5) is 0 Å². The molecule has 6 heteroatoms. The van der Waals surface area contributed by atoms with E-state index in [0.717, 1.165) is 56.2 Å². The van der Waals surface area contributed by atoms with Gasteiger partial charge in [0.2, 0.25) is 0 Å². The second-order valence-electron chi connectivity index (χ2n) is 9.61. The first-order valence-electron chi connectivity index (χ1n) is 13.3. The van der Waals surface area contributed by atoms with E-state index in [4.69, 9.17) is 29.7 Å². The van der Waals surface area contributed by atoms with Gasteiger partial charge in [0.1, 0.15) is 11.5 Å². The zero-order valence-corrected chi connectivity index (χ0v) is 21.6. The molecule has 5 aromatic rings. The third-order valence-corrected chi connectivity index (χ3v) is 7.23. The maximum absolute atomic E-state index is 9.12. The zero-order valence-electron chi connectivity index (χ0n) is 21.6. The van der Waals surface area contributed by atoms with Gasteiger partial charge in [0.25, 0.3) is 0 Å². The number of hydrogen-bond acceptors (Lipinski definition) is 6. The van der Waals surface area contributed by atoms with Crippen molar-refractivity contribution in [1.82, 2.24) is 9.97 Å². The minimum atomic E-state index is -0.698. The van der Waals surface area contributed by atoms with Gasteiger partial charge < -0.3 is 19.7 Å². The Balaban J connectivity index is 1.56. The van der Waals surface area contributed by atoms with Crippen molar-refractivity contribution in [2.45, 2.75) is 18.3 Å². The van der Waals surface area contributed by atoms with Crippen LogP contribution in [0.1, 0.15) is 35.2 Å². The van der Waals surface area contributed by atoms with E-state index < -0.39 is 5.41 Å². The molecule has 0 saturated carbocycles. The van der Waals surface area contributed by atoms with Gasteiger partial charge in [-0.05, 0) is 53.1 Å². The number of nitrogens with zero attached hydrogens (tertiary/aromatic N) is 2. The van der Waals surface area contributed by atoms with Gasteiger partial charge in [0, 0.05) is 31.6 Å². The molecule has 0 aliphatic heterocycles. The van der Waals surface area contributed by atoms with Crippen molar-refractivity contribution in [2.75, 3.05) is 26.4 Å². The second-order valence-corrected chi connectivity index (χ2v) is 9.61. The quantitative estimate of drug-likeness (QED) is 0.233. The third-order valence-electron chi connectivity index (χ3n) is 7.23. The van der Waals surface area contributed by atoms with Gasteiger partial charge >= 0.3 is 0 Å². The molecule has 2 N–H and O–H groups in total. The van der Waals surface area contributed by atoms with E-state index in [2.05, 4.69) is 42.5 Å². The minimum absolute atomic E-state index is 0.0983. The molecule has 0 bridgehead atoms. The predicted octanol–water partition coefficient (Wildman–Crippen LogP) is 5.52. The summed E-state index contributed by atoms with van der Waals surface area (Å²) in [5, 5.41) is 18.2. The van der Waals surface area contributed by atoms with Crippen LogP contribution >= 0.6 is 0 Å². The van der Waals surface area contributed by atoms with E-state index >= 15 is 0 Å². The number of aliphatic hydroxyl groups is 2. The number of hydrogen-bond donors (Lipinski definition) is 2. The lowest BCUT2D eigenvalue weighted by Gasteiger charge is -2.32. The predicted molar refractivity (Wildman–Crippen MR) is 151 cm³/mol. The maximum Gasteiger partial charge on any atom is 0.119 e. The van der Waals surface area contributed by atoms with Crippen LogP contribution in [0.3, 0.4) is 0 Å². The fourth-order valence-electron chi connectivity index (χ4n) is 5.46. The van der Waals surface area contributed by atoms with Crippen molar-refractivity contribution >= 4 is 11.0 Å². The van der Waals surface area contributed by atoms with Crippen molar-refractivity contribution in [3.63, 3.8) is 0 Å². The standard InChI is InChI=1S/C33H30N2O4/c36-19-5-21-38-25-15-11-23(12-16-25)33(24-13-17-26(18-14-24)39-22-6-20-37)28-8-2-1-7-27(28)31-32(33)35-30-10-4-3-9-29(30)34-31/h1-4,7-18,36-37H,5-6,19-22H2. The van der Waals surface area contributed by atoms with Gasteiger partial charge in [-0.2, -0.15) is 0 Å². The van der Waals surface area contributed by atoms with Crippen LogP contribution in [-0.4, -0.2) is 46.6 Å². The van der Waals surface area contributed by atoms with Crippen molar-refractivity contribution in [1.29, 1.82) is 0 Å². The summed E-state index contributed by atoms with van der Waals surface area (Å²) in [7, 11) is 0. The van der Waals surface area contributed by atoms with Crippen molar-refractivity contribution in [3.8, 4) is 22.8 Å². The van der Waals surface area contributed by atoms with Crippen molar-refractivity contribution in [3.05, 3.63) is 119 Å². The van der Waals surface area contributed by atoms with Gasteiger partial charge in [0.05, 0.1) is 41.1 Å². The first-order chi connectivity index (χ1) is 19.3. The molecular weight excluding hydrogens is 488 g/mol. The van der Waals surface area contributed by atoms with Gasteiger partial charge in [-0.15, -0.1) is 0 Å². The molecule has 196 valence electrons. The molecule has 0 saturated heterocycles. The summed E-state index contributed by atoms with van der Waals surface area (Å²) in [5.41, 5.74) is 7.10. The molecule has 6 nitrogen and oxygen atoms in total. The number of aliphatic hydroxyl groups excluding tert-OH is 2. The number of benzene rings is 4. The summed E-state index contributed by atoms with van der Waals surface area (Å²) in [4.78, 5) is 10.4. The van der Waals surface area contributed by atoms with Crippen LogP contribution < -0.4 is 9.47 Å². The highest BCUT2D eigenvalue weighted by molar-refractivity contribution is 5.87. The summed E-state index contributed by atoms with van der Waals surface area (Å²) in [6.07, 6.45) is 1.17. The lowest BCUT2D eigenvalue weighted by atomic mass is 9.69. The molecular formula is C33H30N2O4. The fourth-order valence-corrected chi connectivity index (χ4v) is 5.46. The molecule has 0 atom stereocenters. The Morgan fingerprint density at radius 2 is 1.10 bits per heavy atom. The molecule has 4 aromatic carbocycles. The van der Waals surface area contributed by atoms with E-state index in [1.54, 1.807) is 0 Å². The monoisotopic (exact) mass is 518 g/mol. The number of para-hydroxylation sites is 2. The molecule has 1 aliphatic carbocycles. The largest absolute Gasteiger partial charge is 0.494 e. The molecule has 0 unspecified atom stereocenters. The van der Waals surface area contributed by atoms with Crippen LogP contribution in [-0.2, 0) is 5.41 Å². The Hall–Kier alpha value is -4.26. The van der Waals surface area contributed by atoms with E-state index in [1.807, 2.05) is 54.6 Å². The number of ether oxygens (including phenoxy) is 2. The number of fused-ring (bicyclic) bond motifs is 4. The molecule has 0 fully saturated rings. The second kappa shape index (κ2) is 10.8. The summed E-state index contributed by atoms with van der Waals surface area (Å²) >= 11 is 0. The number of rotatable bonds is 10. The van der Waals surface area contributed by atoms with Crippen LogP contribution in [0.2, 0.25) is 0 Å². The average Bonchev–Trinajstić information content (AvgIpc) is 3.27. The normalized spacial score (nSPS) is 13.2. The van der Waals surface area contributed by atoms with Crippen LogP contribution in [0.25, 0.3) is 22.3 Å². The van der Waals surface area contributed by atoms with Gasteiger partial charge in [0.15, 0.2) is 0 Å². The van der Waals surface area contributed by atoms with Gasteiger partial charge in [-0.1, -0.05) is 60.7 Å². The molecule has 39 heavy (non-hydrogen) atoms. The summed E-state index contributed by atoms with van der Waals surface area (Å²) in [6.45, 7) is 1.12. The van der Waals surface area contributed by atoms with E-state index in [0.29, 0.717) is 26.1 Å². The van der Waals surface area contributed by atoms with Crippen LogP contribution in [0.15, 0.2) is 97.1 Å². The van der Waals surface area contributed by atoms with Gasteiger partial charge in [-0.3, -0.25) is 0 Å². The van der Waals surface area contributed by atoms with E-state index in [-0.39, 0.29) is 13.2 Å². The molecule has 1 aromatic heterocycles. The highest BCUT2D eigenvalue weighted by atomic mass is 16.5. The summed E-state index contributed by atoms with van der Waals surface area (Å²) in [5.74, 6) is 1.51. The molecule has 1 aliphatic rings. The maximum atomic E-state index is 9.12. The highest BCUT2D eigenvalue weighted by Gasteiger charge is 2.48. The molecule has 0 amide bonds.